The Morgan fingerprint density at radius 3 is 2.43 bits per heavy atom. The lowest BCUT2D eigenvalue weighted by Crippen LogP contribution is -2.15. The summed E-state index contributed by atoms with van der Waals surface area (Å²) in [7, 11) is -2.34. The summed E-state index contributed by atoms with van der Waals surface area (Å²) >= 11 is 0. The van der Waals surface area contributed by atoms with E-state index in [1.165, 1.54) is 6.07 Å². The molecule has 0 radical (unpaired) electrons. The van der Waals surface area contributed by atoms with Crippen molar-refractivity contribution in [3.63, 3.8) is 0 Å². The molecule has 0 bridgehead atoms. The first-order chi connectivity index (χ1) is 6.36. The van der Waals surface area contributed by atoms with Crippen LogP contribution in [0.25, 0.3) is 0 Å². The predicted octanol–water partition coefficient (Wildman–Crippen LogP) is 0.823. The lowest BCUT2D eigenvalue weighted by Gasteiger charge is -2.10. The maximum Gasteiger partial charge on any atom is 0.240 e. The molecule has 0 fully saturated rings. The highest BCUT2D eigenvalue weighted by atomic mass is 32.2. The number of hydrogen-bond acceptors (Lipinski definition) is 3. The van der Waals surface area contributed by atoms with E-state index in [1.54, 1.807) is 14.0 Å². The van der Waals surface area contributed by atoms with E-state index >= 15 is 0 Å². The normalized spacial score (nSPS) is 11.4. The summed E-state index contributed by atoms with van der Waals surface area (Å²) in [6, 6.07) is 2.13. The van der Waals surface area contributed by atoms with Crippen molar-refractivity contribution in [2.45, 2.75) is 11.8 Å². The largest absolute Gasteiger partial charge is 0.387 e. The van der Waals surface area contributed by atoms with Gasteiger partial charge in [-0.1, -0.05) is 0 Å². The molecule has 1 rings (SSSR count). The third-order valence-corrected chi connectivity index (χ3v) is 2.76. The summed E-state index contributed by atoms with van der Waals surface area (Å²) in [5.74, 6) is -0.620. The Morgan fingerprint density at radius 1 is 1.43 bits per heavy atom. The summed E-state index contributed by atoms with van der Waals surface area (Å²) in [6.07, 6.45) is 0. The fraction of sp³-hybridized carbons (Fsp3) is 0.250. The highest BCUT2D eigenvalue weighted by Crippen LogP contribution is 2.24. The van der Waals surface area contributed by atoms with Crippen molar-refractivity contribution in [2.24, 2.45) is 5.14 Å². The third-order valence-electron chi connectivity index (χ3n) is 1.82. The maximum atomic E-state index is 12.9. The summed E-state index contributed by atoms with van der Waals surface area (Å²) < 4.78 is 35.1. The lowest BCUT2D eigenvalue weighted by molar-refractivity contribution is 0.592. The van der Waals surface area contributed by atoms with Gasteiger partial charge >= 0.3 is 0 Å². The highest BCUT2D eigenvalue weighted by molar-refractivity contribution is 7.89. The maximum absolute atomic E-state index is 12.9. The van der Waals surface area contributed by atoms with E-state index < -0.39 is 15.8 Å². The third kappa shape index (κ3) is 2.02. The van der Waals surface area contributed by atoms with Gasteiger partial charge in [-0.15, -0.1) is 0 Å². The van der Waals surface area contributed by atoms with Gasteiger partial charge in [-0.3, -0.25) is 0 Å². The lowest BCUT2D eigenvalue weighted by atomic mass is 10.2. The van der Waals surface area contributed by atoms with Gasteiger partial charge in [-0.05, 0) is 24.6 Å². The summed E-state index contributed by atoms with van der Waals surface area (Å²) in [6.45, 7) is 1.60. The topological polar surface area (TPSA) is 72.2 Å². The van der Waals surface area contributed by atoms with Crippen LogP contribution in [0, 0.1) is 12.7 Å². The van der Waals surface area contributed by atoms with Crippen LogP contribution in [0.15, 0.2) is 17.0 Å². The van der Waals surface area contributed by atoms with Crippen molar-refractivity contribution in [1.82, 2.24) is 0 Å². The van der Waals surface area contributed by atoms with E-state index in [-0.39, 0.29) is 4.90 Å². The van der Waals surface area contributed by atoms with Crippen LogP contribution in [0.5, 0.6) is 0 Å². The van der Waals surface area contributed by atoms with Gasteiger partial charge < -0.3 is 5.32 Å². The van der Waals surface area contributed by atoms with Crippen molar-refractivity contribution in [2.75, 3.05) is 12.4 Å². The second-order valence-corrected chi connectivity index (χ2v) is 4.42. The molecule has 0 unspecified atom stereocenters. The van der Waals surface area contributed by atoms with Crippen LogP contribution in [0.1, 0.15) is 5.56 Å². The molecule has 6 heteroatoms. The summed E-state index contributed by atoms with van der Waals surface area (Å²) in [4.78, 5) is -0.225. The summed E-state index contributed by atoms with van der Waals surface area (Å²) in [5, 5.41) is 7.61. The molecule has 0 saturated heterocycles. The minimum Gasteiger partial charge on any atom is -0.387 e. The van der Waals surface area contributed by atoms with Crippen molar-refractivity contribution in [3.8, 4) is 0 Å². The number of primary sulfonamides is 1. The van der Waals surface area contributed by atoms with Gasteiger partial charge in [0.2, 0.25) is 10.0 Å². The Labute approximate surface area is 82.0 Å². The van der Waals surface area contributed by atoms with Gasteiger partial charge in [0.05, 0.1) is 5.69 Å². The second-order valence-electron chi connectivity index (χ2n) is 2.89. The average Bonchev–Trinajstić information content (AvgIpc) is 2.01. The fourth-order valence-corrected chi connectivity index (χ4v) is 2.08. The molecule has 0 aromatic heterocycles. The molecule has 1 aromatic rings. The van der Waals surface area contributed by atoms with Gasteiger partial charge in [0.25, 0.3) is 0 Å². The second kappa shape index (κ2) is 3.55. The SMILES string of the molecule is CNc1c(C)cc(F)cc1S(N)(=O)=O. The molecule has 0 amide bonds. The van der Waals surface area contributed by atoms with Crippen LogP contribution in [0.3, 0.4) is 0 Å². The molecule has 0 aliphatic heterocycles. The summed E-state index contributed by atoms with van der Waals surface area (Å²) in [5.41, 5.74) is 0.824. The van der Waals surface area contributed by atoms with Gasteiger partial charge in [-0.25, -0.2) is 17.9 Å². The van der Waals surface area contributed by atoms with Crippen LogP contribution in [-0.4, -0.2) is 15.5 Å². The Kier molecular flexibility index (Phi) is 2.77. The zero-order valence-electron chi connectivity index (χ0n) is 7.83. The number of aryl methyl sites for hydroxylation is 1. The van der Waals surface area contributed by atoms with E-state index in [9.17, 15) is 12.8 Å². The molecular weight excluding hydrogens is 207 g/mol. The Bertz CT molecular complexity index is 457. The van der Waals surface area contributed by atoms with E-state index in [4.69, 9.17) is 5.14 Å². The number of benzene rings is 1. The van der Waals surface area contributed by atoms with Gasteiger partial charge in [0.15, 0.2) is 0 Å². The van der Waals surface area contributed by atoms with Crippen molar-refractivity contribution in [3.05, 3.63) is 23.5 Å². The molecule has 1 aromatic carbocycles. The molecule has 4 nitrogen and oxygen atoms in total. The number of nitrogens with two attached hydrogens (primary N) is 1. The quantitative estimate of drug-likeness (QED) is 0.772. The molecule has 78 valence electrons. The van der Waals surface area contributed by atoms with Crippen molar-refractivity contribution >= 4 is 15.7 Å². The first-order valence-electron chi connectivity index (χ1n) is 3.87. The van der Waals surface area contributed by atoms with Gasteiger partial charge in [0, 0.05) is 7.05 Å². The minimum atomic E-state index is -3.89. The molecule has 0 aliphatic carbocycles. The molecule has 0 atom stereocenters. The van der Waals surface area contributed by atoms with E-state index in [0.717, 1.165) is 6.07 Å². The molecule has 0 spiro atoms. The van der Waals surface area contributed by atoms with Crippen LogP contribution in [0.2, 0.25) is 0 Å². The number of anilines is 1. The first kappa shape index (κ1) is 10.9. The molecule has 0 aliphatic rings. The minimum absolute atomic E-state index is 0.225. The van der Waals surface area contributed by atoms with E-state index in [0.29, 0.717) is 11.3 Å². The predicted molar refractivity (Wildman–Crippen MR) is 52.1 cm³/mol. The molecular formula is C8H11FN2O2S. The van der Waals surface area contributed by atoms with Crippen LogP contribution in [-0.2, 0) is 10.0 Å². The van der Waals surface area contributed by atoms with Gasteiger partial charge in [-0.2, -0.15) is 0 Å². The average molecular weight is 218 g/mol. The Morgan fingerprint density at radius 2 is 2.00 bits per heavy atom. The Hall–Kier alpha value is -1.14. The number of halogens is 1. The number of nitrogens with one attached hydrogen (secondary N) is 1. The van der Waals surface area contributed by atoms with E-state index in [2.05, 4.69) is 5.32 Å². The highest BCUT2D eigenvalue weighted by Gasteiger charge is 2.16. The Balaban J connectivity index is 3.56. The molecule has 0 heterocycles. The van der Waals surface area contributed by atoms with Crippen LogP contribution >= 0.6 is 0 Å². The zero-order chi connectivity index (χ0) is 10.9. The van der Waals surface area contributed by atoms with E-state index in [1.807, 2.05) is 0 Å². The number of sulfonamides is 1. The van der Waals surface area contributed by atoms with Crippen LogP contribution < -0.4 is 10.5 Å². The fourth-order valence-electron chi connectivity index (χ4n) is 1.26. The van der Waals surface area contributed by atoms with Crippen molar-refractivity contribution in [1.29, 1.82) is 0 Å². The number of hydrogen-bond donors (Lipinski definition) is 2. The van der Waals surface area contributed by atoms with Crippen LogP contribution in [0.4, 0.5) is 10.1 Å². The monoisotopic (exact) mass is 218 g/mol. The molecule has 0 saturated carbocycles. The standard InChI is InChI=1S/C8H11FN2O2S/c1-5-3-6(9)4-7(8(5)11-2)14(10,12)13/h3-4,11H,1-2H3,(H2,10,12,13). The zero-order valence-corrected chi connectivity index (χ0v) is 8.65. The van der Waals surface area contributed by atoms with Gasteiger partial charge in [0.1, 0.15) is 10.7 Å². The first-order valence-corrected chi connectivity index (χ1v) is 5.41. The molecule has 14 heavy (non-hydrogen) atoms. The number of rotatable bonds is 2. The smallest absolute Gasteiger partial charge is 0.240 e. The van der Waals surface area contributed by atoms with Crippen molar-refractivity contribution < 1.29 is 12.8 Å². The molecule has 3 N–H and O–H groups in total.